The van der Waals surface area contributed by atoms with E-state index < -0.39 is 0 Å². The number of ketones is 1. The van der Waals surface area contributed by atoms with Crippen LogP contribution in [0.5, 0.6) is 0 Å². The van der Waals surface area contributed by atoms with Crippen molar-refractivity contribution in [2.75, 3.05) is 11.9 Å². The smallest absolute Gasteiger partial charge is 0.310 e. The third kappa shape index (κ3) is 4.61. The van der Waals surface area contributed by atoms with E-state index in [9.17, 15) is 9.59 Å². The summed E-state index contributed by atoms with van der Waals surface area (Å²) >= 11 is 3.25. The Morgan fingerprint density at radius 1 is 1.28 bits per heavy atom. The molecule has 0 N–H and O–H groups in total. The predicted octanol–water partition coefficient (Wildman–Crippen LogP) is 3.07. The van der Waals surface area contributed by atoms with Crippen molar-refractivity contribution in [3.8, 4) is 0 Å². The predicted molar refractivity (Wildman–Crippen MR) is 74.3 cm³/mol. The first-order valence-electron chi connectivity index (χ1n) is 5.92. The van der Waals surface area contributed by atoms with Crippen LogP contribution in [0.15, 0.2) is 18.2 Å². The summed E-state index contributed by atoms with van der Waals surface area (Å²) in [5, 5.41) is 0.646. The minimum absolute atomic E-state index is 0.0840. The number of hydrogen-bond acceptors (Lipinski definition) is 3. The first-order valence-corrected chi connectivity index (χ1v) is 7.04. The van der Waals surface area contributed by atoms with E-state index in [-0.39, 0.29) is 18.2 Å². The average molecular weight is 313 g/mol. The van der Waals surface area contributed by atoms with Crippen molar-refractivity contribution in [3.05, 3.63) is 34.9 Å². The number of carbonyl (C=O) groups excluding carboxylic acids is 2. The molecule has 0 radical (unpaired) electrons. The molecule has 0 aliphatic heterocycles. The maximum Gasteiger partial charge on any atom is 0.310 e. The van der Waals surface area contributed by atoms with Gasteiger partial charge in [-0.3, -0.25) is 9.59 Å². The zero-order valence-corrected chi connectivity index (χ0v) is 12.2. The summed E-state index contributed by atoms with van der Waals surface area (Å²) in [4.78, 5) is 23.2. The van der Waals surface area contributed by atoms with Crippen molar-refractivity contribution < 1.29 is 14.3 Å². The number of rotatable bonds is 6. The fourth-order valence-corrected chi connectivity index (χ4v) is 2.09. The zero-order valence-electron chi connectivity index (χ0n) is 10.7. The number of benzene rings is 1. The van der Waals surface area contributed by atoms with Gasteiger partial charge in [0.25, 0.3) is 0 Å². The van der Waals surface area contributed by atoms with Crippen LogP contribution < -0.4 is 0 Å². The number of esters is 1. The van der Waals surface area contributed by atoms with Gasteiger partial charge < -0.3 is 4.74 Å². The van der Waals surface area contributed by atoms with Crippen molar-refractivity contribution in [1.29, 1.82) is 0 Å². The Kier molecular flexibility index (Phi) is 6.05. The molecule has 0 unspecified atom stereocenters. The second kappa shape index (κ2) is 7.31. The SMILES string of the molecule is CCOC(=O)Cc1cc(C)cc(C(=O)CCBr)c1. The standard InChI is InChI=1S/C14H17BrO3/c1-3-18-14(17)9-11-6-10(2)7-12(8-11)13(16)4-5-15/h6-8H,3-5,9H2,1-2H3. The van der Waals surface area contributed by atoms with Gasteiger partial charge in [0.05, 0.1) is 13.0 Å². The molecule has 98 valence electrons. The highest BCUT2D eigenvalue weighted by molar-refractivity contribution is 9.09. The molecule has 0 saturated heterocycles. The summed E-state index contributed by atoms with van der Waals surface area (Å²) in [6, 6.07) is 5.52. The van der Waals surface area contributed by atoms with Gasteiger partial charge >= 0.3 is 5.97 Å². The monoisotopic (exact) mass is 312 g/mol. The lowest BCUT2D eigenvalue weighted by molar-refractivity contribution is -0.142. The van der Waals surface area contributed by atoms with Crippen molar-refractivity contribution in [2.45, 2.75) is 26.7 Å². The molecular formula is C14H17BrO3. The third-order valence-corrected chi connectivity index (χ3v) is 2.83. The van der Waals surface area contributed by atoms with E-state index in [0.717, 1.165) is 11.1 Å². The minimum Gasteiger partial charge on any atom is -0.466 e. The van der Waals surface area contributed by atoms with Gasteiger partial charge in [-0.2, -0.15) is 0 Å². The Morgan fingerprint density at radius 3 is 2.61 bits per heavy atom. The molecule has 3 nitrogen and oxygen atoms in total. The molecular weight excluding hydrogens is 296 g/mol. The summed E-state index contributed by atoms with van der Waals surface area (Å²) in [6.07, 6.45) is 0.673. The highest BCUT2D eigenvalue weighted by atomic mass is 79.9. The van der Waals surface area contributed by atoms with E-state index in [1.54, 1.807) is 13.0 Å². The van der Waals surface area contributed by atoms with Crippen molar-refractivity contribution in [2.24, 2.45) is 0 Å². The van der Waals surface area contributed by atoms with Crippen LogP contribution in [0, 0.1) is 6.92 Å². The molecule has 0 atom stereocenters. The largest absolute Gasteiger partial charge is 0.466 e. The second-order valence-electron chi connectivity index (χ2n) is 4.05. The topological polar surface area (TPSA) is 43.4 Å². The second-order valence-corrected chi connectivity index (χ2v) is 4.84. The fraction of sp³-hybridized carbons (Fsp3) is 0.429. The summed E-state index contributed by atoms with van der Waals surface area (Å²) < 4.78 is 4.90. The zero-order chi connectivity index (χ0) is 13.5. The number of hydrogen-bond donors (Lipinski definition) is 0. The van der Waals surface area contributed by atoms with Crippen LogP contribution in [-0.4, -0.2) is 23.7 Å². The van der Waals surface area contributed by atoms with Gasteiger partial charge in [-0.05, 0) is 31.5 Å². The summed E-state index contributed by atoms with van der Waals surface area (Å²) in [6.45, 7) is 4.07. The van der Waals surface area contributed by atoms with E-state index in [1.165, 1.54) is 0 Å². The number of alkyl halides is 1. The van der Waals surface area contributed by atoms with Crippen molar-refractivity contribution in [3.63, 3.8) is 0 Å². The Balaban J connectivity index is 2.87. The molecule has 18 heavy (non-hydrogen) atoms. The molecule has 1 aromatic rings. The Labute approximate surface area is 116 Å². The Hall–Kier alpha value is -1.16. The Morgan fingerprint density at radius 2 is 2.00 bits per heavy atom. The molecule has 1 aromatic carbocycles. The molecule has 0 aliphatic carbocycles. The molecule has 0 saturated carbocycles. The van der Waals surface area contributed by atoms with E-state index in [1.807, 2.05) is 19.1 Å². The number of Topliss-reactive ketones (excluding diaryl/α,β-unsaturated/α-hetero) is 1. The number of carbonyl (C=O) groups is 2. The number of halogens is 1. The van der Waals surface area contributed by atoms with E-state index in [0.29, 0.717) is 23.9 Å². The first kappa shape index (κ1) is 14.9. The Bertz CT molecular complexity index is 441. The number of aryl methyl sites for hydroxylation is 1. The lowest BCUT2D eigenvalue weighted by atomic mass is 10.0. The van der Waals surface area contributed by atoms with E-state index in [2.05, 4.69) is 15.9 Å². The summed E-state index contributed by atoms with van der Waals surface area (Å²) in [5.74, 6) is -0.178. The molecule has 0 aromatic heterocycles. The van der Waals surface area contributed by atoms with Crippen molar-refractivity contribution in [1.82, 2.24) is 0 Å². The molecule has 0 fully saturated rings. The molecule has 4 heteroatoms. The average Bonchev–Trinajstić information content (AvgIpc) is 2.28. The highest BCUT2D eigenvalue weighted by Gasteiger charge is 2.10. The van der Waals surface area contributed by atoms with Crippen LogP contribution in [-0.2, 0) is 16.0 Å². The van der Waals surface area contributed by atoms with Crippen LogP contribution in [0.3, 0.4) is 0 Å². The van der Waals surface area contributed by atoms with Gasteiger partial charge in [0.2, 0.25) is 0 Å². The van der Waals surface area contributed by atoms with Crippen LogP contribution >= 0.6 is 15.9 Å². The van der Waals surface area contributed by atoms with Gasteiger partial charge in [0, 0.05) is 17.3 Å². The van der Waals surface area contributed by atoms with Crippen LogP contribution in [0.1, 0.15) is 34.8 Å². The van der Waals surface area contributed by atoms with E-state index in [4.69, 9.17) is 4.74 Å². The minimum atomic E-state index is -0.262. The maximum absolute atomic E-state index is 11.8. The summed E-state index contributed by atoms with van der Waals surface area (Å²) in [5.41, 5.74) is 2.47. The van der Waals surface area contributed by atoms with E-state index >= 15 is 0 Å². The van der Waals surface area contributed by atoms with Crippen molar-refractivity contribution >= 4 is 27.7 Å². The van der Waals surface area contributed by atoms with Gasteiger partial charge in [-0.15, -0.1) is 0 Å². The molecule has 0 heterocycles. The summed E-state index contributed by atoms with van der Waals surface area (Å²) in [7, 11) is 0. The molecule has 0 aliphatic rings. The maximum atomic E-state index is 11.8. The lowest BCUT2D eigenvalue weighted by Gasteiger charge is -2.06. The first-order chi connectivity index (χ1) is 8.56. The van der Waals surface area contributed by atoms with Gasteiger partial charge in [0.1, 0.15) is 0 Å². The molecule has 1 rings (SSSR count). The van der Waals surface area contributed by atoms with Crippen LogP contribution in [0.25, 0.3) is 0 Å². The number of ether oxygens (including phenoxy) is 1. The van der Waals surface area contributed by atoms with Crippen LogP contribution in [0.4, 0.5) is 0 Å². The molecule has 0 bridgehead atoms. The fourth-order valence-electron chi connectivity index (χ4n) is 1.73. The lowest BCUT2D eigenvalue weighted by Crippen LogP contribution is -2.09. The van der Waals surface area contributed by atoms with Gasteiger partial charge in [0.15, 0.2) is 5.78 Å². The van der Waals surface area contributed by atoms with Gasteiger partial charge in [-0.1, -0.05) is 27.6 Å². The third-order valence-electron chi connectivity index (χ3n) is 2.43. The van der Waals surface area contributed by atoms with Gasteiger partial charge in [-0.25, -0.2) is 0 Å². The quantitative estimate of drug-likeness (QED) is 0.460. The highest BCUT2D eigenvalue weighted by Crippen LogP contribution is 2.13. The molecule has 0 amide bonds. The normalized spacial score (nSPS) is 10.2. The molecule has 0 spiro atoms. The van der Waals surface area contributed by atoms with Crippen LogP contribution in [0.2, 0.25) is 0 Å².